The van der Waals surface area contributed by atoms with Crippen LogP contribution in [0.4, 0.5) is 0 Å². The van der Waals surface area contributed by atoms with E-state index in [0.29, 0.717) is 30.1 Å². The average molecular weight is 320 g/mol. The van der Waals surface area contributed by atoms with E-state index in [-0.39, 0.29) is 10.8 Å². The van der Waals surface area contributed by atoms with Crippen LogP contribution >= 0.6 is 11.3 Å². The number of aliphatic hydroxyl groups excluding tert-OH is 1. The van der Waals surface area contributed by atoms with Crippen LogP contribution in [0.25, 0.3) is 0 Å². The summed E-state index contributed by atoms with van der Waals surface area (Å²) >= 11 is 1.10. The minimum Gasteiger partial charge on any atom is -0.391 e. The van der Waals surface area contributed by atoms with Gasteiger partial charge in [-0.15, -0.1) is 11.3 Å². The van der Waals surface area contributed by atoms with E-state index in [1.807, 2.05) is 0 Å². The maximum absolute atomic E-state index is 12.1. The zero-order valence-electron chi connectivity index (χ0n) is 12.5. The lowest BCUT2D eigenvalue weighted by molar-refractivity contribution is 0.179. The molecule has 0 bridgehead atoms. The Hall–Kier alpha value is -0.470. The van der Waals surface area contributed by atoms with Crippen molar-refractivity contribution in [3.05, 3.63) is 17.0 Å². The van der Waals surface area contributed by atoms with E-state index < -0.39 is 10.0 Å². The fourth-order valence-electron chi connectivity index (χ4n) is 2.08. The highest BCUT2D eigenvalue weighted by Crippen LogP contribution is 2.21. The summed E-state index contributed by atoms with van der Waals surface area (Å²) < 4.78 is 27.0. The van der Waals surface area contributed by atoms with E-state index in [1.54, 1.807) is 6.07 Å². The predicted octanol–water partition coefficient (Wildman–Crippen LogP) is 1.64. The molecule has 0 spiro atoms. The van der Waals surface area contributed by atoms with Crippen LogP contribution in [0.1, 0.15) is 32.6 Å². The molecule has 5 nitrogen and oxygen atoms in total. The van der Waals surface area contributed by atoms with E-state index in [1.165, 1.54) is 6.07 Å². The van der Waals surface area contributed by atoms with Gasteiger partial charge in [-0.1, -0.05) is 0 Å². The van der Waals surface area contributed by atoms with Crippen molar-refractivity contribution in [3.8, 4) is 0 Å². The molecule has 0 saturated heterocycles. The van der Waals surface area contributed by atoms with Gasteiger partial charge in [0, 0.05) is 30.1 Å². The van der Waals surface area contributed by atoms with Gasteiger partial charge in [-0.3, -0.25) is 4.90 Å². The topological polar surface area (TPSA) is 69.6 Å². The van der Waals surface area contributed by atoms with Crippen molar-refractivity contribution >= 4 is 21.4 Å². The summed E-state index contributed by atoms with van der Waals surface area (Å²) in [5.74, 6) is 0. The van der Waals surface area contributed by atoms with Gasteiger partial charge < -0.3 is 5.11 Å². The second-order valence-electron chi connectivity index (χ2n) is 5.20. The second-order valence-corrected chi connectivity index (χ2v) is 8.36. The molecule has 1 aromatic heterocycles. The number of thiophene rings is 1. The fourth-order valence-corrected chi connectivity index (χ4v) is 4.36. The smallest absolute Gasteiger partial charge is 0.250 e. The van der Waals surface area contributed by atoms with E-state index in [4.69, 9.17) is 5.11 Å². The zero-order valence-corrected chi connectivity index (χ0v) is 14.1. The van der Waals surface area contributed by atoms with Crippen LogP contribution in [0.2, 0.25) is 0 Å². The number of hydrogen-bond donors (Lipinski definition) is 2. The number of nitrogens with zero attached hydrogens (tertiary/aromatic N) is 1. The van der Waals surface area contributed by atoms with E-state index >= 15 is 0 Å². The Morgan fingerprint density at radius 3 is 2.30 bits per heavy atom. The molecule has 0 aliphatic rings. The predicted molar refractivity (Wildman–Crippen MR) is 82.4 cm³/mol. The molecule has 0 aromatic carbocycles. The Kier molecular flexibility index (Phi) is 6.60. The molecule has 0 atom stereocenters. The summed E-state index contributed by atoms with van der Waals surface area (Å²) in [6.07, 6.45) is 0. The summed E-state index contributed by atoms with van der Waals surface area (Å²) in [4.78, 5) is 2.88. The van der Waals surface area contributed by atoms with Crippen molar-refractivity contribution in [2.45, 2.75) is 50.6 Å². The summed E-state index contributed by atoms with van der Waals surface area (Å²) in [7, 11) is -3.47. The lowest BCUT2D eigenvalue weighted by Crippen LogP contribution is -2.42. The molecule has 116 valence electrons. The molecule has 1 aromatic rings. The first-order chi connectivity index (χ1) is 9.27. The molecule has 1 heterocycles. The highest BCUT2D eigenvalue weighted by molar-refractivity contribution is 7.91. The fraction of sp³-hybridized carbons (Fsp3) is 0.692. The van der Waals surface area contributed by atoms with Gasteiger partial charge >= 0.3 is 0 Å². The molecule has 0 radical (unpaired) electrons. The monoisotopic (exact) mass is 320 g/mol. The molecule has 2 N–H and O–H groups in total. The molecule has 0 aliphatic carbocycles. The third-order valence-corrected chi connectivity index (χ3v) is 6.07. The van der Waals surface area contributed by atoms with Gasteiger partial charge in [0.1, 0.15) is 4.21 Å². The number of nitrogens with one attached hydrogen (secondary N) is 1. The van der Waals surface area contributed by atoms with Gasteiger partial charge in [0.25, 0.3) is 0 Å². The quantitative estimate of drug-likeness (QED) is 0.764. The van der Waals surface area contributed by atoms with Crippen LogP contribution in [-0.2, 0) is 16.6 Å². The molecule has 7 heteroatoms. The third kappa shape index (κ3) is 4.82. The van der Waals surface area contributed by atoms with E-state index in [0.717, 1.165) is 11.3 Å². The molecule has 0 aliphatic heterocycles. The molecule has 0 amide bonds. The van der Waals surface area contributed by atoms with Crippen LogP contribution in [0.5, 0.6) is 0 Å². The number of rotatable bonds is 8. The molecular formula is C13H24N2O3S2. The Balaban J connectivity index is 2.60. The molecule has 0 unspecified atom stereocenters. The van der Waals surface area contributed by atoms with Crippen molar-refractivity contribution in [1.82, 2.24) is 9.62 Å². The standard InChI is InChI=1S/C13H24N2O3S2/c1-10(2)15(11(3)4)8-7-14-20(17,18)13-6-5-12(9-16)19-13/h5-6,10-11,14,16H,7-9H2,1-4H3. The maximum Gasteiger partial charge on any atom is 0.250 e. The lowest BCUT2D eigenvalue weighted by Gasteiger charge is -2.30. The van der Waals surface area contributed by atoms with Gasteiger partial charge in [-0.2, -0.15) is 0 Å². The number of aliphatic hydroxyl groups is 1. The van der Waals surface area contributed by atoms with Crippen molar-refractivity contribution in [2.75, 3.05) is 13.1 Å². The lowest BCUT2D eigenvalue weighted by atomic mass is 10.2. The first kappa shape index (κ1) is 17.6. The van der Waals surface area contributed by atoms with Gasteiger partial charge in [0.15, 0.2) is 0 Å². The first-order valence-electron chi connectivity index (χ1n) is 6.73. The zero-order chi connectivity index (χ0) is 15.3. The normalized spacial score (nSPS) is 12.8. The van der Waals surface area contributed by atoms with Gasteiger partial charge in [0.2, 0.25) is 10.0 Å². The molecule has 0 fully saturated rings. The van der Waals surface area contributed by atoms with Crippen LogP contribution in [0, 0.1) is 0 Å². The highest BCUT2D eigenvalue weighted by Gasteiger charge is 2.18. The Morgan fingerprint density at radius 1 is 1.25 bits per heavy atom. The van der Waals surface area contributed by atoms with Gasteiger partial charge in [0.05, 0.1) is 6.61 Å². The minimum atomic E-state index is -3.47. The van der Waals surface area contributed by atoms with Gasteiger partial charge in [-0.25, -0.2) is 13.1 Å². The Bertz CT molecular complexity index is 501. The summed E-state index contributed by atoms with van der Waals surface area (Å²) in [5, 5.41) is 8.98. The van der Waals surface area contributed by atoms with Crippen LogP contribution < -0.4 is 4.72 Å². The van der Waals surface area contributed by atoms with Crippen LogP contribution in [0.15, 0.2) is 16.3 Å². The van der Waals surface area contributed by atoms with Crippen molar-refractivity contribution in [3.63, 3.8) is 0 Å². The summed E-state index contributed by atoms with van der Waals surface area (Å²) in [5.41, 5.74) is 0. The minimum absolute atomic E-state index is 0.130. The summed E-state index contributed by atoms with van der Waals surface area (Å²) in [6.45, 7) is 9.32. The summed E-state index contributed by atoms with van der Waals surface area (Å²) in [6, 6.07) is 3.92. The molecular weight excluding hydrogens is 296 g/mol. The van der Waals surface area contributed by atoms with Crippen LogP contribution in [-0.4, -0.2) is 43.6 Å². The number of sulfonamides is 1. The molecule has 1 rings (SSSR count). The van der Waals surface area contributed by atoms with E-state index in [2.05, 4.69) is 37.3 Å². The van der Waals surface area contributed by atoms with Crippen molar-refractivity contribution in [2.24, 2.45) is 0 Å². The average Bonchev–Trinajstić information content (AvgIpc) is 2.83. The largest absolute Gasteiger partial charge is 0.391 e. The second kappa shape index (κ2) is 7.51. The third-order valence-electron chi connectivity index (χ3n) is 3.05. The Morgan fingerprint density at radius 2 is 1.85 bits per heavy atom. The van der Waals surface area contributed by atoms with Gasteiger partial charge in [-0.05, 0) is 39.8 Å². The highest BCUT2D eigenvalue weighted by atomic mass is 32.2. The Labute approximate surface area is 125 Å². The van der Waals surface area contributed by atoms with Crippen molar-refractivity contribution in [1.29, 1.82) is 0 Å². The molecule has 20 heavy (non-hydrogen) atoms. The number of hydrogen-bond acceptors (Lipinski definition) is 5. The van der Waals surface area contributed by atoms with Crippen LogP contribution in [0.3, 0.4) is 0 Å². The molecule has 0 saturated carbocycles. The first-order valence-corrected chi connectivity index (χ1v) is 9.03. The maximum atomic E-state index is 12.1. The SMILES string of the molecule is CC(C)N(CCNS(=O)(=O)c1ccc(CO)s1)C(C)C. The van der Waals surface area contributed by atoms with Crippen molar-refractivity contribution < 1.29 is 13.5 Å². The van der Waals surface area contributed by atoms with E-state index in [9.17, 15) is 8.42 Å².